The molecule has 2 rings (SSSR count). The molecule has 0 aliphatic rings. The van der Waals surface area contributed by atoms with E-state index in [2.05, 4.69) is 5.32 Å². The second kappa shape index (κ2) is 11.0. The zero-order chi connectivity index (χ0) is 19.9. The molecule has 2 aromatic carbocycles. The van der Waals surface area contributed by atoms with Crippen LogP contribution in [0.2, 0.25) is 0 Å². The first-order valence-corrected chi connectivity index (χ1v) is 10.5. The fourth-order valence-corrected chi connectivity index (χ4v) is 4.12. The van der Waals surface area contributed by atoms with Crippen molar-refractivity contribution in [1.29, 1.82) is 0 Å². The molecule has 0 unspecified atom stereocenters. The minimum atomic E-state index is -3.79. The summed E-state index contributed by atoms with van der Waals surface area (Å²) < 4.78 is 27.9. The Hall–Kier alpha value is -2.09. The van der Waals surface area contributed by atoms with E-state index in [0.717, 1.165) is 12.8 Å². The molecule has 0 aromatic heterocycles. The van der Waals surface area contributed by atoms with E-state index in [0.29, 0.717) is 24.3 Å². The molecule has 2 aromatic rings. The summed E-state index contributed by atoms with van der Waals surface area (Å²) in [6, 6.07) is 14.9. The van der Waals surface area contributed by atoms with E-state index in [1.807, 2.05) is 25.1 Å². The van der Waals surface area contributed by atoms with Gasteiger partial charge in [-0.3, -0.25) is 9.10 Å². The number of halogens is 1. The predicted octanol–water partition coefficient (Wildman–Crippen LogP) is 3.18. The molecule has 1 amide bonds. The van der Waals surface area contributed by atoms with Crippen LogP contribution in [-0.4, -0.2) is 33.5 Å². The maximum atomic E-state index is 13.3. The molecule has 6 nitrogen and oxygen atoms in total. The number of benzene rings is 2. The summed E-state index contributed by atoms with van der Waals surface area (Å²) in [5, 5.41) is 2.75. The van der Waals surface area contributed by atoms with E-state index in [-0.39, 0.29) is 29.3 Å². The lowest BCUT2D eigenvalue weighted by Crippen LogP contribution is -2.38. The van der Waals surface area contributed by atoms with Crippen molar-refractivity contribution in [3.8, 4) is 0 Å². The lowest BCUT2D eigenvalue weighted by molar-refractivity contribution is 0.0941. The fraction of sp³-hybridized carbons (Fsp3) is 0.350. The summed E-state index contributed by atoms with van der Waals surface area (Å²) in [5.41, 5.74) is 6.43. The summed E-state index contributed by atoms with van der Waals surface area (Å²) in [6.45, 7) is 4.49. The monoisotopic (exact) mass is 425 g/mol. The smallest absolute Gasteiger partial charge is 0.264 e. The molecular formula is C20H28ClN3O3S. The number of carbonyl (C=O) groups excluding carboxylic acids is 1. The van der Waals surface area contributed by atoms with Crippen LogP contribution in [0.15, 0.2) is 59.5 Å². The molecule has 1 atom stereocenters. The first-order valence-electron chi connectivity index (χ1n) is 9.09. The molecule has 28 heavy (non-hydrogen) atoms. The number of nitrogens with one attached hydrogen (secondary N) is 1. The van der Waals surface area contributed by atoms with Gasteiger partial charge in [0, 0.05) is 24.7 Å². The van der Waals surface area contributed by atoms with Crippen LogP contribution in [0.1, 0.15) is 37.0 Å². The number of sulfonamides is 1. The predicted molar refractivity (Wildman–Crippen MR) is 116 cm³/mol. The molecule has 0 aliphatic carbocycles. The molecule has 3 N–H and O–H groups in total. The highest BCUT2D eigenvalue weighted by Crippen LogP contribution is 2.24. The Labute approximate surface area is 173 Å². The van der Waals surface area contributed by atoms with Gasteiger partial charge < -0.3 is 11.1 Å². The zero-order valence-corrected chi connectivity index (χ0v) is 17.8. The third-order valence-electron chi connectivity index (χ3n) is 4.17. The van der Waals surface area contributed by atoms with Gasteiger partial charge in [-0.05, 0) is 43.7 Å². The van der Waals surface area contributed by atoms with Gasteiger partial charge in [-0.1, -0.05) is 37.6 Å². The SMILES string of the molecule is CCCCN(c1ccccc1)S(=O)(=O)c1cccc(C(=O)N[C@@H](C)CN)c1.Cl. The first-order chi connectivity index (χ1) is 12.9. The van der Waals surface area contributed by atoms with Crippen LogP contribution >= 0.6 is 12.4 Å². The number of hydrogen-bond donors (Lipinski definition) is 2. The largest absolute Gasteiger partial charge is 0.348 e. The minimum Gasteiger partial charge on any atom is -0.348 e. The Kier molecular flexibility index (Phi) is 9.45. The second-order valence-electron chi connectivity index (χ2n) is 6.40. The van der Waals surface area contributed by atoms with E-state index >= 15 is 0 Å². The van der Waals surface area contributed by atoms with E-state index in [1.54, 1.807) is 31.2 Å². The van der Waals surface area contributed by atoms with Crippen molar-refractivity contribution in [2.45, 2.75) is 37.6 Å². The minimum absolute atomic E-state index is 0. The topological polar surface area (TPSA) is 92.5 Å². The van der Waals surface area contributed by atoms with Gasteiger partial charge in [0.15, 0.2) is 0 Å². The van der Waals surface area contributed by atoms with Gasteiger partial charge in [-0.2, -0.15) is 0 Å². The molecule has 154 valence electrons. The molecule has 0 heterocycles. The average molecular weight is 426 g/mol. The molecule has 0 spiro atoms. The Morgan fingerprint density at radius 2 is 1.82 bits per heavy atom. The lowest BCUT2D eigenvalue weighted by atomic mass is 10.2. The quantitative estimate of drug-likeness (QED) is 0.645. The second-order valence-corrected chi connectivity index (χ2v) is 8.27. The van der Waals surface area contributed by atoms with Crippen molar-refractivity contribution in [3.05, 3.63) is 60.2 Å². The van der Waals surface area contributed by atoms with Gasteiger partial charge in [0.05, 0.1) is 10.6 Å². The fourth-order valence-electron chi connectivity index (χ4n) is 2.58. The van der Waals surface area contributed by atoms with Crippen LogP contribution in [0.5, 0.6) is 0 Å². The summed E-state index contributed by atoms with van der Waals surface area (Å²) in [7, 11) is -3.79. The van der Waals surface area contributed by atoms with Gasteiger partial charge in [-0.15, -0.1) is 12.4 Å². The Morgan fingerprint density at radius 1 is 1.14 bits per heavy atom. The van der Waals surface area contributed by atoms with Crippen LogP contribution < -0.4 is 15.4 Å². The van der Waals surface area contributed by atoms with Gasteiger partial charge in [0.25, 0.3) is 15.9 Å². The number of para-hydroxylation sites is 1. The van der Waals surface area contributed by atoms with E-state index in [1.165, 1.54) is 16.4 Å². The number of nitrogens with two attached hydrogens (primary N) is 1. The normalized spacial score (nSPS) is 12.0. The number of rotatable bonds is 9. The van der Waals surface area contributed by atoms with Gasteiger partial charge >= 0.3 is 0 Å². The van der Waals surface area contributed by atoms with Crippen LogP contribution in [0.4, 0.5) is 5.69 Å². The third kappa shape index (κ3) is 5.95. The van der Waals surface area contributed by atoms with Crippen molar-refractivity contribution in [1.82, 2.24) is 5.32 Å². The van der Waals surface area contributed by atoms with Crippen LogP contribution in [0, 0.1) is 0 Å². The molecular weight excluding hydrogens is 398 g/mol. The molecule has 0 saturated carbocycles. The van der Waals surface area contributed by atoms with Gasteiger partial charge in [-0.25, -0.2) is 8.42 Å². The molecule has 0 fully saturated rings. The summed E-state index contributed by atoms with van der Waals surface area (Å²) >= 11 is 0. The summed E-state index contributed by atoms with van der Waals surface area (Å²) in [4.78, 5) is 12.4. The zero-order valence-electron chi connectivity index (χ0n) is 16.2. The Balaban J connectivity index is 0.00000392. The van der Waals surface area contributed by atoms with Crippen LogP contribution in [0.25, 0.3) is 0 Å². The number of nitrogens with zero attached hydrogens (tertiary/aromatic N) is 1. The highest BCUT2D eigenvalue weighted by atomic mass is 35.5. The van der Waals surface area contributed by atoms with E-state index < -0.39 is 10.0 Å². The highest BCUT2D eigenvalue weighted by molar-refractivity contribution is 7.92. The Morgan fingerprint density at radius 3 is 2.43 bits per heavy atom. The first kappa shape index (κ1) is 23.9. The lowest BCUT2D eigenvalue weighted by Gasteiger charge is -2.24. The average Bonchev–Trinajstić information content (AvgIpc) is 2.69. The van der Waals surface area contributed by atoms with Gasteiger partial charge in [0.2, 0.25) is 0 Å². The molecule has 8 heteroatoms. The highest BCUT2D eigenvalue weighted by Gasteiger charge is 2.25. The maximum absolute atomic E-state index is 13.3. The maximum Gasteiger partial charge on any atom is 0.264 e. The number of unbranched alkanes of at least 4 members (excludes halogenated alkanes) is 1. The molecule has 0 aliphatic heterocycles. The van der Waals surface area contributed by atoms with Crippen molar-refractivity contribution in [2.24, 2.45) is 5.73 Å². The van der Waals surface area contributed by atoms with Crippen molar-refractivity contribution in [2.75, 3.05) is 17.4 Å². The van der Waals surface area contributed by atoms with Gasteiger partial charge in [0.1, 0.15) is 0 Å². The number of amides is 1. The molecule has 0 radical (unpaired) electrons. The summed E-state index contributed by atoms with van der Waals surface area (Å²) in [5.74, 6) is -0.343. The van der Waals surface area contributed by atoms with Crippen molar-refractivity contribution in [3.63, 3.8) is 0 Å². The number of anilines is 1. The number of hydrogen-bond acceptors (Lipinski definition) is 4. The van der Waals surface area contributed by atoms with Crippen molar-refractivity contribution >= 4 is 34.0 Å². The standard InChI is InChI=1S/C20H27N3O3S.ClH/c1-3-4-13-23(18-10-6-5-7-11-18)27(25,26)19-12-8-9-17(14-19)20(24)22-16(2)15-21;/h5-12,14,16H,3-4,13,15,21H2,1-2H3,(H,22,24);1H/t16-;/m0./s1. The van der Waals surface area contributed by atoms with Crippen LogP contribution in [-0.2, 0) is 10.0 Å². The van der Waals surface area contributed by atoms with E-state index in [4.69, 9.17) is 5.73 Å². The molecule has 0 saturated heterocycles. The van der Waals surface area contributed by atoms with Crippen molar-refractivity contribution < 1.29 is 13.2 Å². The van der Waals surface area contributed by atoms with Crippen LogP contribution in [0.3, 0.4) is 0 Å². The summed E-state index contributed by atoms with van der Waals surface area (Å²) in [6.07, 6.45) is 1.61. The number of carbonyl (C=O) groups is 1. The van der Waals surface area contributed by atoms with E-state index in [9.17, 15) is 13.2 Å². The third-order valence-corrected chi connectivity index (χ3v) is 6.00. The Bertz CT molecular complexity index is 860. The molecule has 0 bridgehead atoms.